The molecule has 0 saturated carbocycles. The maximum absolute atomic E-state index is 13.4. The Balaban J connectivity index is 1.43. The van der Waals surface area contributed by atoms with Crippen molar-refractivity contribution in [3.05, 3.63) is 89.3 Å². The van der Waals surface area contributed by atoms with Crippen molar-refractivity contribution in [3.8, 4) is 0 Å². The van der Waals surface area contributed by atoms with E-state index in [1.165, 1.54) is 18.2 Å². The topological polar surface area (TPSA) is 96.7 Å². The molecule has 1 aliphatic heterocycles. The quantitative estimate of drug-likeness (QED) is 0.461. The van der Waals surface area contributed by atoms with Crippen molar-refractivity contribution in [3.63, 3.8) is 0 Å². The lowest BCUT2D eigenvalue weighted by molar-refractivity contribution is 0.0729. The summed E-state index contributed by atoms with van der Waals surface area (Å²) in [7, 11) is -3.90. The number of hydrogen-bond donors (Lipinski definition) is 1. The third-order valence-corrected chi connectivity index (χ3v) is 7.23. The average Bonchev–Trinajstić information content (AvgIpc) is 3.45. The standard InChI is InChI=1S/C23H20ClN5O3S/c24-17-7-4-8-18(15-17)27-33(31,32)19-9-3-6-16(14-19)23(30)28-13-5-10-20(28)22-26-25-21-11-1-2-12-29(21)22/h1-4,6-9,11-12,14-15,20,27H,5,10,13H2. The predicted molar refractivity (Wildman–Crippen MR) is 125 cm³/mol. The third kappa shape index (κ3) is 4.17. The zero-order valence-corrected chi connectivity index (χ0v) is 19.0. The molecule has 8 nitrogen and oxygen atoms in total. The van der Waals surface area contributed by atoms with Crippen molar-refractivity contribution in [1.82, 2.24) is 19.5 Å². The number of hydrogen-bond acceptors (Lipinski definition) is 5. The Kier molecular flexibility index (Phi) is 5.51. The number of benzene rings is 2. The number of anilines is 1. The fraction of sp³-hybridized carbons (Fsp3) is 0.174. The minimum absolute atomic E-state index is 0.00278. The van der Waals surface area contributed by atoms with Crippen molar-refractivity contribution in [2.45, 2.75) is 23.8 Å². The lowest BCUT2D eigenvalue weighted by Crippen LogP contribution is -2.31. The molecule has 0 bridgehead atoms. The number of fused-ring (bicyclic) bond motifs is 1. The zero-order chi connectivity index (χ0) is 23.0. The number of amides is 1. The molecule has 1 N–H and O–H groups in total. The van der Waals surface area contributed by atoms with Crippen LogP contribution in [0, 0.1) is 0 Å². The van der Waals surface area contributed by atoms with E-state index in [1.54, 1.807) is 35.2 Å². The Morgan fingerprint density at radius 1 is 1.03 bits per heavy atom. The minimum atomic E-state index is -3.90. The number of sulfonamides is 1. The Morgan fingerprint density at radius 3 is 2.73 bits per heavy atom. The number of likely N-dealkylation sites (tertiary alicyclic amines) is 1. The van der Waals surface area contributed by atoms with Gasteiger partial charge in [0.15, 0.2) is 11.5 Å². The van der Waals surface area contributed by atoms with Crippen LogP contribution in [0.2, 0.25) is 5.02 Å². The number of pyridine rings is 1. The molecule has 3 heterocycles. The van der Waals surface area contributed by atoms with E-state index in [9.17, 15) is 13.2 Å². The average molecular weight is 482 g/mol. The molecular formula is C23H20ClN5O3S. The molecule has 0 radical (unpaired) electrons. The summed E-state index contributed by atoms with van der Waals surface area (Å²) < 4.78 is 30.2. The fourth-order valence-electron chi connectivity index (χ4n) is 4.09. The van der Waals surface area contributed by atoms with E-state index in [0.29, 0.717) is 34.3 Å². The SMILES string of the molecule is O=C(c1cccc(S(=O)(=O)Nc2cccc(Cl)c2)c1)N1CCCC1c1nnc2ccccn12. The van der Waals surface area contributed by atoms with Crippen molar-refractivity contribution < 1.29 is 13.2 Å². The van der Waals surface area contributed by atoms with Gasteiger partial charge in [0, 0.05) is 23.3 Å². The Labute approximate surface area is 195 Å². The summed E-state index contributed by atoms with van der Waals surface area (Å²) in [5.74, 6) is 0.452. The van der Waals surface area contributed by atoms with Gasteiger partial charge in [-0.1, -0.05) is 29.8 Å². The smallest absolute Gasteiger partial charge is 0.261 e. The molecule has 168 valence electrons. The second-order valence-corrected chi connectivity index (χ2v) is 9.91. The summed E-state index contributed by atoms with van der Waals surface area (Å²) in [6, 6.07) is 17.9. The molecule has 1 amide bonds. The molecule has 1 saturated heterocycles. The summed E-state index contributed by atoms with van der Waals surface area (Å²) in [4.78, 5) is 15.1. The van der Waals surface area contributed by atoms with Crippen molar-refractivity contribution >= 4 is 38.9 Å². The van der Waals surface area contributed by atoms with Gasteiger partial charge in [-0.15, -0.1) is 10.2 Å². The number of halogens is 1. The monoisotopic (exact) mass is 481 g/mol. The third-order valence-electron chi connectivity index (χ3n) is 5.62. The molecule has 0 aliphatic carbocycles. The molecule has 1 aliphatic rings. The molecular weight excluding hydrogens is 462 g/mol. The first-order valence-corrected chi connectivity index (χ1v) is 12.3. The highest BCUT2D eigenvalue weighted by molar-refractivity contribution is 7.92. The lowest BCUT2D eigenvalue weighted by Gasteiger charge is -2.23. The highest BCUT2D eigenvalue weighted by atomic mass is 35.5. The normalized spacial score (nSPS) is 16.3. The number of nitrogens with zero attached hydrogens (tertiary/aromatic N) is 4. The van der Waals surface area contributed by atoms with Crippen LogP contribution in [-0.4, -0.2) is 40.4 Å². The van der Waals surface area contributed by atoms with Crippen LogP contribution in [0.4, 0.5) is 5.69 Å². The van der Waals surface area contributed by atoms with Crippen LogP contribution in [0.3, 0.4) is 0 Å². The van der Waals surface area contributed by atoms with E-state index in [-0.39, 0.29) is 16.8 Å². The second kappa shape index (κ2) is 8.49. The van der Waals surface area contributed by atoms with Gasteiger partial charge in [-0.05, 0) is 61.4 Å². The number of carbonyl (C=O) groups excluding carboxylic acids is 1. The second-order valence-electron chi connectivity index (χ2n) is 7.79. The largest absolute Gasteiger partial charge is 0.328 e. The van der Waals surface area contributed by atoms with Gasteiger partial charge in [0.25, 0.3) is 15.9 Å². The van der Waals surface area contributed by atoms with E-state index in [1.807, 2.05) is 28.8 Å². The lowest BCUT2D eigenvalue weighted by atomic mass is 10.1. The van der Waals surface area contributed by atoms with Gasteiger partial charge in [0.05, 0.1) is 16.6 Å². The van der Waals surface area contributed by atoms with Crippen molar-refractivity contribution in [2.75, 3.05) is 11.3 Å². The summed E-state index contributed by atoms with van der Waals surface area (Å²) in [5, 5.41) is 8.93. The van der Waals surface area contributed by atoms with Crippen LogP contribution in [0.15, 0.2) is 77.8 Å². The first kappa shape index (κ1) is 21.4. The molecule has 2 aromatic heterocycles. The van der Waals surface area contributed by atoms with Crippen molar-refractivity contribution in [2.24, 2.45) is 0 Å². The van der Waals surface area contributed by atoms with Crippen LogP contribution in [-0.2, 0) is 10.0 Å². The van der Waals surface area contributed by atoms with Crippen LogP contribution in [0.1, 0.15) is 35.1 Å². The maximum atomic E-state index is 13.4. The number of aromatic nitrogens is 3. The van der Waals surface area contributed by atoms with E-state index in [4.69, 9.17) is 11.6 Å². The Bertz CT molecular complexity index is 1450. The van der Waals surface area contributed by atoms with Crippen LogP contribution < -0.4 is 4.72 Å². The van der Waals surface area contributed by atoms with Gasteiger partial charge in [-0.2, -0.15) is 0 Å². The summed E-state index contributed by atoms with van der Waals surface area (Å²) in [6.45, 7) is 0.559. The molecule has 0 spiro atoms. The van der Waals surface area contributed by atoms with Crippen molar-refractivity contribution in [1.29, 1.82) is 0 Å². The van der Waals surface area contributed by atoms with Gasteiger partial charge < -0.3 is 4.90 Å². The Hall–Kier alpha value is -3.43. The molecule has 5 rings (SSSR count). The first-order valence-electron chi connectivity index (χ1n) is 10.4. The van der Waals surface area contributed by atoms with E-state index in [0.717, 1.165) is 12.8 Å². The highest BCUT2D eigenvalue weighted by Gasteiger charge is 2.34. The van der Waals surface area contributed by atoms with Gasteiger partial charge in [-0.25, -0.2) is 8.42 Å². The molecule has 33 heavy (non-hydrogen) atoms. The molecule has 10 heteroatoms. The maximum Gasteiger partial charge on any atom is 0.261 e. The van der Waals surface area contributed by atoms with Crippen LogP contribution >= 0.6 is 11.6 Å². The zero-order valence-electron chi connectivity index (χ0n) is 17.4. The molecule has 4 aromatic rings. The molecule has 2 aromatic carbocycles. The fourth-order valence-corrected chi connectivity index (χ4v) is 5.38. The van der Waals surface area contributed by atoms with Crippen LogP contribution in [0.25, 0.3) is 5.65 Å². The number of rotatable bonds is 5. The molecule has 1 unspecified atom stereocenters. The molecule has 1 atom stereocenters. The van der Waals surface area contributed by atoms with E-state index >= 15 is 0 Å². The number of carbonyl (C=O) groups is 1. The van der Waals surface area contributed by atoms with Gasteiger partial charge in [0.2, 0.25) is 0 Å². The summed E-state index contributed by atoms with van der Waals surface area (Å²) >= 11 is 5.96. The summed E-state index contributed by atoms with van der Waals surface area (Å²) in [5.41, 5.74) is 1.36. The van der Waals surface area contributed by atoms with E-state index < -0.39 is 10.0 Å². The highest BCUT2D eigenvalue weighted by Crippen LogP contribution is 2.32. The molecule has 1 fully saturated rings. The predicted octanol–water partition coefficient (Wildman–Crippen LogP) is 4.16. The van der Waals surface area contributed by atoms with Gasteiger partial charge >= 0.3 is 0 Å². The first-order chi connectivity index (χ1) is 15.9. The van der Waals surface area contributed by atoms with Gasteiger partial charge in [0.1, 0.15) is 0 Å². The van der Waals surface area contributed by atoms with E-state index in [2.05, 4.69) is 14.9 Å². The van der Waals surface area contributed by atoms with Gasteiger partial charge in [-0.3, -0.25) is 13.9 Å². The minimum Gasteiger partial charge on any atom is -0.328 e. The Morgan fingerprint density at radius 2 is 1.88 bits per heavy atom. The van der Waals surface area contributed by atoms with Crippen LogP contribution in [0.5, 0.6) is 0 Å². The number of nitrogens with one attached hydrogen (secondary N) is 1. The summed E-state index contributed by atoms with van der Waals surface area (Å²) in [6.07, 6.45) is 3.46.